The van der Waals surface area contributed by atoms with Crippen molar-refractivity contribution in [2.45, 2.75) is 58.5 Å². The van der Waals surface area contributed by atoms with Gasteiger partial charge in [0.1, 0.15) is 0 Å². The smallest absolute Gasteiger partial charge is 0.237 e. The third-order valence-corrected chi connectivity index (χ3v) is 3.38. The van der Waals surface area contributed by atoms with Gasteiger partial charge in [0, 0.05) is 6.04 Å². The van der Waals surface area contributed by atoms with Crippen LogP contribution in [0.1, 0.15) is 46.5 Å². The molecule has 1 atom stereocenters. The summed E-state index contributed by atoms with van der Waals surface area (Å²) in [6.07, 6.45) is 4.67. The predicted octanol–water partition coefficient (Wildman–Crippen LogP) is 1.66. The molecule has 0 bridgehead atoms. The van der Waals surface area contributed by atoms with E-state index in [1.807, 2.05) is 13.8 Å². The first-order valence-corrected chi connectivity index (χ1v) is 6.06. The maximum atomic E-state index is 11.7. The third kappa shape index (κ3) is 3.82. The first-order chi connectivity index (χ1) is 7.00. The SMILES string of the molecule is CC1CCC(NC(=O)[C@@H](N)C(C)C)CC1. The Kier molecular flexibility index (Phi) is 4.58. The zero-order valence-corrected chi connectivity index (χ0v) is 10.1. The van der Waals surface area contributed by atoms with E-state index in [0.717, 1.165) is 18.8 Å². The van der Waals surface area contributed by atoms with Crippen LogP contribution in [0.5, 0.6) is 0 Å². The van der Waals surface area contributed by atoms with Gasteiger partial charge in [-0.05, 0) is 37.5 Å². The predicted molar refractivity (Wildman–Crippen MR) is 62.4 cm³/mol. The number of carbonyl (C=O) groups excluding carboxylic acids is 1. The molecule has 1 amide bonds. The van der Waals surface area contributed by atoms with Crippen LogP contribution in [0.15, 0.2) is 0 Å². The molecule has 88 valence electrons. The molecular formula is C12H24N2O. The zero-order chi connectivity index (χ0) is 11.4. The number of nitrogens with two attached hydrogens (primary N) is 1. The number of amides is 1. The molecule has 0 aliphatic heterocycles. The number of hydrogen-bond acceptors (Lipinski definition) is 2. The Balaban J connectivity index is 2.32. The van der Waals surface area contributed by atoms with Crippen molar-refractivity contribution in [1.29, 1.82) is 0 Å². The number of hydrogen-bond donors (Lipinski definition) is 2. The molecule has 1 aliphatic carbocycles. The lowest BCUT2D eigenvalue weighted by atomic mass is 9.87. The summed E-state index contributed by atoms with van der Waals surface area (Å²) >= 11 is 0. The first-order valence-electron chi connectivity index (χ1n) is 6.06. The van der Waals surface area contributed by atoms with Gasteiger partial charge in [-0.15, -0.1) is 0 Å². The highest BCUT2D eigenvalue weighted by atomic mass is 16.2. The van der Waals surface area contributed by atoms with Gasteiger partial charge >= 0.3 is 0 Å². The first kappa shape index (κ1) is 12.5. The fourth-order valence-electron chi connectivity index (χ4n) is 2.00. The number of carbonyl (C=O) groups is 1. The van der Waals surface area contributed by atoms with Gasteiger partial charge in [-0.25, -0.2) is 0 Å². The van der Waals surface area contributed by atoms with E-state index in [2.05, 4.69) is 12.2 Å². The van der Waals surface area contributed by atoms with E-state index < -0.39 is 0 Å². The molecule has 0 spiro atoms. The average Bonchev–Trinajstić information content (AvgIpc) is 2.20. The molecule has 3 heteroatoms. The third-order valence-electron chi connectivity index (χ3n) is 3.38. The summed E-state index contributed by atoms with van der Waals surface area (Å²) < 4.78 is 0. The van der Waals surface area contributed by atoms with Crippen molar-refractivity contribution in [2.24, 2.45) is 17.6 Å². The highest BCUT2D eigenvalue weighted by Crippen LogP contribution is 2.23. The Morgan fingerprint density at radius 3 is 2.27 bits per heavy atom. The lowest BCUT2D eigenvalue weighted by Gasteiger charge is -2.28. The van der Waals surface area contributed by atoms with E-state index in [9.17, 15) is 4.79 Å². The van der Waals surface area contributed by atoms with Crippen LogP contribution >= 0.6 is 0 Å². The van der Waals surface area contributed by atoms with E-state index >= 15 is 0 Å². The topological polar surface area (TPSA) is 55.1 Å². The maximum Gasteiger partial charge on any atom is 0.237 e. The van der Waals surface area contributed by atoms with Crippen molar-refractivity contribution in [3.8, 4) is 0 Å². The summed E-state index contributed by atoms with van der Waals surface area (Å²) in [4.78, 5) is 11.7. The molecule has 0 heterocycles. The Bertz CT molecular complexity index is 208. The summed E-state index contributed by atoms with van der Waals surface area (Å²) in [5.74, 6) is 1.05. The van der Waals surface area contributed by atoms with Gasteiger partial charge in [0.15, 0.2) is 0 Å². The molecule has 0 aromatic carbocycles. The molecule has 3 N–H and O–H groups in total. The van der Waals surface area contributed by atoms with Crippen LogP contribution in [-0.4, -0.2) is 18.0 Å². The van der Waals surface area contributed by atoms with E-state index in [0.29, 0.717) is 6.04 Å². The molecule has 0 aromatic rings. The fourth-order valence-corrected chi connectivity index (χ4v) is 2.00. The Morgan fingerprint density at radius 2 is 1.80 bits per heavy atom. The van der Waals surface area contributed by atoms with Crippen LogP contribution < -0.4 is 11.1 Å². The van der Waals surface area contributed by atoms with Gasteiger partial charge in [-0.2, -0.15) is 0 Å². The second kappa shape index (κ2) is 5.50. The van der Waals surface area contributed by atoms with E-state index in [1.54, 1.807) is 0 Å². The largest absolute Gasteiger partial charge is 0.352 e. The lowest BCUT2D eigenvalue weighted by Crippen LogP contribution is -2.48. The monoisotopic (exact) mass is 212 g/mol. The van der Waals surface area contributed by atoms with Crippen LogP contribution in [0.4, 0.5) is 0 Å². The summed E-state index contributed by atoms with van der Waals surface area (Å²) in [6, 6.07) is 0.00264. The number of nitrogens with one attached hydrogen (secondary N) is 1. The van der Waals surface area contributed by atoms with Crippen LogP contribution in [0.25, 0.3) is 0 Å². The van der Waals surface area contributed by atoms with Crippen molar-refractivity contribution in [2.75, 3.05) is 0 Å². The lowest BCUT2D eigenvalue weighted by molar-refractivity contribution is -0.124. The Morgan fingerprint density at radius 1 is 1.27 bits per heavy atom. The molecule has 1 fully saturated rings. The Labute approximate surface area is 92.8 Å². The van der Waals surface area contributed by atoms with Gasteiger partial charge < -0.3 is 11.1 Å². The quantitative estimate of drug-likeness (QED) is 0.747. The van der Waals surface area contributed by atoms with Gasteiger partial charge in [0.05, 0.1) is 6.04 Å². The van der Waals surface area contributed by atoms with Crippen LogP contribution in [0, 0.1) is 11.8 Å². The molecule has 0 unspecified atom stereocenters. The van der Waals surface area contributed by atoms with Crippen molar-refractivity contribution >= 4 is 5.91 Å². The highest BCUT2D eigenvalue weighted by molar-refractivity contribution is 5.82. The minimum absolute atomic E-state index is 0.0181. The normalized spacial score (nSPS) is 28.9. The maximum absolute atomic E-state index is 11.7. The minimum atomic E-state index is -0.357. The van der Waals surface area contributed by atoms with Crippen molar-refractivity contribution in [1.82, 2.24) is 5.32 Å². The fraction of sp³-hybridized carbons (Fsp3) is 0.917. The van der Waals surface area contributed by atoms with Gasteiger partial charge in [-0.3, -0.25) is 4.79 Å². The Hall–Kier alpha value is -0.570. The average molecular weight is 212 g/mol. The molecule has 15 heavy (non-hydrogen) atoms. The van der Waals surface area contributed by atoms with Gasteiger partial charge in [0.25, 0.3) is 0 Å². The zero-order valence-electron chi connectivity index (χ0n) is 10.1. The van der Waals surface area contributed by atoms with E-state index in [1.165, 1.54) is 12.8 Å². The summed E-state index contributed by atoms with van der Waals surface area (Å²) in [5.41, 5.74) is 5.79. The van der Waals surface area contributed by atoms with E-state index in [4.69, 9.17) is 5.73 Å². The summed E-state index contributed by atoms with van der Waals surface area (Å²) in [7, 11) is 0. The summed E-state index contributed by atoms with van der Waals surface area (Å²) in [5, 5.41) is 3.06. The number of rotatable bonds is 3. The molecule has 1 aliphatic rings. The molecule has 1 rings (SSSR count). The molecule has 1 saturated carbocycles. The summed E-state index contributed by atoms with van der Waals surface area (Å²) in [6.45, 7) is 6.23. The standard InChI is InChI=1S/C12H24N2O/c1-8(2)11(13)12(15)14-10-6-4-9(3)5-7-10/h8-11H,4-7,13H2,1-3H3,(H,14,15)/t9?,10?,11-/m0/s1. The van der Waals surface area contributed by atoms with Crippen molar-refractivity contribution < 1.29 is 4.79 Å². The molecule has 0 radical (unpaired) electrons. The second-order valence-electron chi connectivity index (χ2n) is 5.24. The van der Waals surface area contributed by atoms with E-state index in [-0.39, 0.29) is 17.9 Å². The van der Waals surface area contributed by atoms with Crippen molar-refractivity contribution in [3.63, 3.8) is 0 Å². The van der Waals surface area contributed by atoms with Crippen molar-refractivity contribution in [3.05, 3.63) is 0 Å². The minimum Gasteiger partial charge on any atom is -0.352 e. The molecule has 0 aromatic heterocycles. The molecule has 0 saturated heterocycles. The van der Waals surface area contributed by atoms with Crippen LogP contribution in [0.2, 0.25) is 0 Å². The highest BCUT2D eigenvalue weighted by Gasteiger charge is 2.23. The molecular weight excluding hydrogens is 188 g/mol. The molecule has 3 nitrogen and oxygen atoms in total. The van der Waals surface area contributed by atoms with Crippen LogP contribution in [0.3, 0.4) is 0 Å². The van der Waals surface area contributed by atoms with Gasteiger partial charge in [-0.1, -0.05) is 20.8 Å². The van der Waals surface area contributed by atoms with Gasteiger partial charge in [0.2, 0.25) is 5.91 Å². The second-order valence-corrected chi connectivity index (χ2v) is 5.24. The van der Waals surface area contributed by atoms with Crippen LogP contribution in [-0.2, 0) is 4.79 Å².